The molecule has 0 radical (unpaired) electrons. The van der Waals surface area contributed by atoms with E-state index in [1.165, 1.54) is 22.5 Å². The van der Waals surface area contributed by atoms with E-state index in [1.807, 2.05) is 24.3 Å². The molecule has 0 atom stereocenters. The molecule has 55 heavy (non-hydrogen) atoms. The van der Waals surface area contributed by atoms with E-state index in [2.05, 4.69) is 188 Å². The Balaban J connectivity index is 1.28. The molecular weight excluding hydrogens is 669 g/mol. The number of aromatic nitrogens is 2. The molecule has 0 bridgehead atoms. The molecule has 2 aliphatic heterocycles. The fraction of sp³-hybridized carbons (Fsp3) is 0.0588. The summed E-state index contributed by atoms with van der Waals surface area (Å²) in [6.45, 7) is 9.23. The lowest BCUT2D eigenvalue weighted by atomic mass is 9.73. The monoisotopic (exact) mass is 706 g/mol. The second-order valence-electron chi connectivity index (χ2n) is 14.8. The van der Waals surface area contributed by atoms with Crippen LogP contribution in [-0.4, -0.2) is 9.97 Å². The van der Waals surface area contributed by atoms with Crippen molar-refractivity contribution in [3.63, 3.8) is 0 Å². The molecule has 4 nitrogen and oxygen atoms in total. The minimum atomic E-state index is -0.183. The summed E-state index contributed by atoms with van der Waals surface area (Å²) in [7, 11) is 0. The molecule has 0 aliphatic carbocycles. The Morgan fingerprint density at radius 2 is 0.836 bits per heavy atom. The molecule has 2 aliphatic rings. The van der Waals surface area contributed by atoms with Crippen LogP contribution in [0, 0.1) is 0 Å². The number of para-hydroxylation sites is 4. The Morgan fingerprint density at radius 3 is 1.38 bits per heavy atom. The van der Waals surface area contributed by atoms with Crippen LogP contribution < -0.4 is 9.80 Å². The minimum Gasteiger partial charge on any atom is -0.310 e. The molecule has 8 aromatic rings. The molecule has 0 saturated heterocycles. The van der Waals surface area contributed by atoms with Crippen molar-refractivity contribution in [2.45, 2.75) is 19.3 Å². The third kappa shape index (κ3) is 5.37. The lowest BCUT2D eigenvalue weighted by Gasteiger charge is -2.42. The van der Waals surface area contributed by atoms with E-state index in [4.69, 9.17) is 9.97 Å². The number of nitrogens with zero attached hydrogens (tertiary/aromatic N) is 4. The van der Waals surface area contributed by atoms with Gasteiger partial charge in [-0.05, 0) is 65.2 Å². The van der Waals surface area contributed by atoms with E-state index < -0.39 is 0 Å². The number of fused-ring (bicyclic) bond motifs is 4. The smallest absolute Gasteiger partial charge is 0.160 e. The van der Waals surface area contributed by atoms with E-state index in [0.717, 1.165) is 67.5 Å². The van der Waals surface area contributed by atoms with E-state index >= 15 is 0 Å². The zero-order chi connectivity index (χ0) is 37.1. The molecule has 1 aromatic heterocycles. The predicted molar refractivity (Wildman–Crippen MR) is 228 cm³/mol. The van der Waals surface area contributed by atoms with Crippen LogP contribution >= 0.6 is 0 Å². The summed E-state index contributed by atoms with van der Waals surface area (Å²) in [4.78, 5) is 15.3. The summed E-state index contributed by atoms with van der Waals surface area (Å²) in [5.74, 6) is 0.685. The maximum atomic E-state index is 5.32. The van der Waals surface area contributed by atoms with Gasteiger partial charge >= 0.3 is 0 Å². The van der Waals surface area contributed by atoms with Crippen molar-refractivity contribution < 1.29 is 0 Å². The molecule has 0 saturated carbocycles. The highest BCUT2D eigenvalue weighted by Crippen LogP contribution is 2.54. The molecule has 0 fully saturated rings. The first-order valence-electron chi connectivity index (χ1n) is 18.8. The van der Waals surface area contributed by atoms with Crippen LogP contribution in [0.15, 0.2) is 189 Å². The highest BCUT2D eigenvalue weighted by molar-refractivity contribution is 6.01. The lowest BCUT2D eigenvalue weighted by Crippen LogP contribution is -2.30. The second kappa shape index (κ2) is 12.8. The van der Waals surface area contributed by atoms with Gasteiger partial charge in [-0.1, -0.05) is 154 Å². The number of rotatable bonds is 5. The van der Waals surface area contributed by atoms with E-state index in [-0.39, 0.29) is 5.41 Å². The Hall–Kier alpha value is -7.04. The van der Waals surface area contributed by atoms with Crippen molar-refractivity contribution in [1.29, 1.82) is 0 Å². The van der Waals surface area contributed by atoms with Crippen LogP contribution in [0.3, 0.4) is 0 Å². The predicted octanol–water partition coefficient (Wildman–Crippen LogP) is 13.4. The van der Waals surface area contributed by atoms with Crippen LogP contribution in [0.2, 0.25) is 0 Å². The SMILES string of the molecule is C=C1c2ccccc2N(c2cc(-c3cc(-c4ccccc4)nc(-c4ccccc4)n3)cc(N3c4ccccc4C(C)(C)c4ccccc43)c2)c2ccccc21. The number of anilines is 6. The summed E-state index contributed by atoms with van der Waals surface area (Å²) in [6, 6.07) is 64.5. The van der Waals surface area contributed by atoms with Crippen LogP contribution in [-0.2, 0) is 5.41 Å². The van der Waals surface area contributed by atoms with Crippen LogP contribution in [0.25, 0.3) is 39.5 Å². The molecule has 10 rings (SSSR count). The first-order chi connectivity index (χ1) is 27.0. The van der Waals surface area contributed by atoms with Crippen molar-refractivity contribution >= 4 is 39.7 Å². The largest absolute Gasteiger partial charge is 0.310 e. The first-order valence-corrected chi connectivity index (χ1v) is 18.8. The highest BCUT2D eigenvalue weighted by Gasteiger charge is 2.37. The first kappa shape index (κ1) is 32.6. The molecule has 0 unspecified atom stereocenters. The van der Waals surface area contributed by atoms with Crippen molar-refractivity contribution in [2.24, 2.45) is 0 Å². The number of hydrogen-bond acceptors (Lipinski definition) is 4. The van der Waals surface area contributed by atoms with Crippen molar-refractivity contribution in [1.82, 2.24) is 9.97 Å². The average molecular weight is 707 g/mol. The Kier molecular flexibility index (Phi) is 7.60. The second-order valence-corrected chi connectivity index (χ2v) is 14.8. The molecule has 0 spiro atoms. The van der Waals surface area contributed by atoms with Crippen molar-refractivity contribution in [3.05, 3.63) is 211 Å². The summed E-state index contributed by atoms with van der Waals surface area (Å²) >= 11 is 0. The molecule has 0 amide bonds. The Bertz CT molecular complexity index is 2610. The zero-order valence-corrected chi connectivity index (χ0v) is 30.8. The molecule has 4 heteroatoms. The molecule has 262 valence electrons. The average Bonchev–Trinajstić information content (AvgIpc) is 3.24. The van der Waals surface area contributed by atoms with Gasteiger partial charge in [0.05, 0.1) is 34.1 Å². The van der Waals surface area contributed by atoms with E-state index in [9.17, 15) is 0 Å². The van der Waals surface area contributed by atoms with Gasteiger partial charge in [-0.25, -0.2) is 9.97 Å². The number of hydrogen-bond donors (Lipinski definition) is 0. The summed E-state index contributed by atoms with van der Waals surface area (Å²) < 4.78 is 0. The van der Waals surface area contributed by atoms with Gasteiger partial charge in [0.2, 0.25) is 0 Å². The Labute approximate surface area is 322 Å². The van der Waals surface area contributed by atoms with Crippen LogP contribution in [0.4, 0.5) is 34.1 Å². The maximum absolute atomic E-state index is 5.32. The van der Waals surface area contributed by atoms with Gasteiger partial charge in [0.1, 0.15) is 0 Å². The zero-order valence-electron chi connectivity index (χ0n) is 30.8. The van der Waals surface area contributed by atoms with Gasteiger partial charge in [-0.3, -0.25) is 0 Å². The molecule has 7 aromatic carbocycles. The minimum absolute atomic E-state index is 0.183. The highest BCUT2D eigenvalue weighted by atomic mass is 15.2. The third-order valence-electron chi connectivity index (χ3n) is 11.1. The topological polar surface area (TPSA) is 32.3 Å². The maximum Gasteiger partial charge on any atom is 0.160 e. The van der Waals surface area contributed by atoms with Crippen LogP contribution in [0.5, 0.6) is 0 Å². The molecular formula is C51H38N4. The summed E-state index contributed by atoms with van der Waals surface area (Å²) in [5, 5.41) is 0. The van der Waals surface area contributed by atoms with E-state index in [0.29, 0.717) is 5.82 Å². The van der Waals surface area contributed by atoms with Gasteiger partial charge in [-0.15, -0.1) is 0 Å². The fourth-order valence-corrected chi connectivity index (χ4v) is 8.42. The van der Waals surface area contributed by atoms with Gasteiger partial charge in [0.25, 0.3) is 0 Å². The van der Waals surface area contributed by atoms with E-state index in [1.54, 1.807) is 0 Å². The van der Waals surface area contributed by atoms with Gasteiger partial charge in [-0.2, -0.15) is 0 Å². The van der Waals surface area contributed by atoms with Gasteiger partial charge in [0.15, 0.2) is 5.82 Å². The van der Waals surface area contributed by atoms with Crippen molar-refractivity contribution in [3.8, 4) is 33.9 Å². The Morgan fingerprint density at radius 1 is 0.418 bits per heavy atom. The van der Waals surface area contributed by atoms with Gasteiger partial charge in [0, 0.05) is 44.6 Å². The van der Waals surface area contributed by atoms with Crippen LogP contribution in [0.1, 0.15) is 36.1 Å². The molecule has 3 heterocycles. The van der Waals surface area contributed by atoms with Crippen molar-refractivity contribution in [2.75, 3.05) is 9.80 Å². The van der Waals surface area contributed by atoms with Gasteiger partial charge < -0.3 is 9.80 Å². The lowest BCUT2D eigenvalue weighted by molar-refractivity contribution is 0.632. The standard InChI is InChI=1S/C51H38N4/c1-34-40-22-10-14-26-46(40)54(47-27-15-11-23-41(34)47)38-30-37(45-33-44(35-18-6-4-7-19-35)52-50(53-45)36-20-8-5-9-21-36)31-39(32-38)55-48-28-16-12-24-42(48)51(2,3)43-25-13-17-29-49(43)55/h4-33H,1H2,2-3H3. The normalized spacial score (nSPS) is 13.7. The summed E-state index contributed by atoms with van der Waals surface area (Å²) in [6.07, 6.45) is 0. The molecule has 0 N–H and O–H groups in total. The fourth-order valence-electron chi connectivity index (χ4n) is 8.42. The third-order valence-corrected chi connectivity index (χ3v) is 11.1. The number of benzene rings is 7. The quantitative estimate of drug-likeness (QED) is 0.178. The summed E-state index contributed by atoms with van der Waals surface area (Å²) in [5.41, 5.74) is 16.9.